The van der Waals surface area contributed by atoms with Crippen LogP contribution in [0.1, 0.15) is 35.2 Å². The number of nitrogen functional groups attached to an aromatic ring is 1. The van der Waals surface area contributed by atoms with Gasteiger partial charge in [0.05, 0.1) is 19.3 Å². The molecule has 0 saturated heterocycles. The van der Waals surface area contributed by atoms with Crippen molar-refractivity contribution in [3.63, 3.8) is 0 Å². The standard InChI is InChI=1S/C13H16F2N2O3/c1-19-12(18)8-5-9(11(16)17-6-8)7-20-10-3-2-4-13(10,14)15/h5-6,10H,2-4,7H2,1H3,(H2,16,17). The summed E-state index contributed by atoms with van der Waals surface area (Å²) in [6.45, 7) is -0.107. The number of alkyl halides is 2. The van der Waals surface area contributed by atoms with E-state index < -0.39 is 18.0 Å². The van der Waals surface area contributed by atoms with Crippen LogP contribution in [0.4, 0.5) is 14.6 Å². The van der Waals surface area contributed by atoms with E-state index in [1.807, 2.05) is 0 Å². The molecule has 1 atom stereocenters. The minimum atomic E-state index is -2.80. The van der Waals surface area contributed by atoms with Crippen molar-refractivity contribution >= 4 is 11.8 Å². The summed E-state index contributed by atoms with van der Waals surface area (Å²) in [4.78, 5) is 15.2. The number of pyridine rings is 1. The van der Waals surface area contributed by atoms with Gasteiger partial charge in [0.2, 0.25) is 0 Å². The van der Waals surface area contributed by atoms with E-state index in [-0.39, 0.29) is 24.4 Å². The van der Waals surface area contributed by atoms with Crippen LogP contribution in [0, 0.1) is 0 Å². The van der Waals surface area contributed by atoms with Crippen molar-refractivity contribution in [1.82, 2.24) is 4.98 Å². The molecule has 0 amide bonds. The maximum Gasteiger partial charge on any atom is 0.339 e. The average molecular weight is 286 g/mol. The second-order valence-electron chi connectivity index (χ2n) is 4.71. The van der Waals surface area contributed by atoms with Crippen LogP contribution in [0.5, 0.6) is 0 Å². The van der Waals surface area contributed by atoms with E-state index in [2.05, 4.69) is 9.72 Å². The van der Waals surface area contributed by atoms with Gasteiger partial charge in [-0.1, -0.05) is 0 Å². The van der Waals surface area contributed by atoms with E-state index >= 15 is 0 Å². The van der Waals surface area contributed by atoms with Crippen molar-refractivity contribution in [2.75, 3.05) is 12.8 Å². The van der Waals surface area contributed by atoms with E-state index in [9.17, 15) is 13.6 Å². The molecule has 5 nitrogen and oxygen atoms in total. The molecule has 2 N–H and O–H groups in total. The Morgan fingerprint density at radius 3 is 2.95 bits per heavy atom. The highest BCUT2D eigenvalue weighted by Crippen LogP contribution is 2.37. The summed E-state index contributed by atoms with van der Waals surface area (Å²) in [7, 11) is 1.24. The number of ether oxygens (including phenoxy) is 2. The first kappa shape index (κ1) is 14.6. The molecule has 7 heteroatoms. The maximum atomic E-state index is 13.4. The quantitative estimate of drug-likeness (QED) is 0.858. The summed E-state index contributed by atoms with van der Waals surface area (Å²) in [5.41, 5.74) is 6.26. The molecule has 110 valence electrons. The van der Waals surface area contributed by atoms with Gasteiger partial charge in [-0.05, 0) is 18.9 Å². The zero-order valence-corrected chi connectivity index (χ0v) is 11.1. The molecule has 0 radical (unpaired) electrons. The number of esters is 1. The number of carbonyl (C=O) groups excluding carboxylic acids is 1. The lowest BCUT2D eigenvalue weighted by Gasteiger charge is -2.19. The molecule has 1 saturated carbocycles. The van der Waals surface area contributed by atoms with Crippen molar-refractivity contribution in [3.05, 3.63) is 23.4 Å². The maximum absolute atomic E-state index is 13.4. The minimum Gasteiger partial charge on any atom is -0.465 e. The van der Waals surface area contributed by atoms with Gasteiger partial charge in [-0.2, -0.15) is 0 Å². The van der Waals surface area contributed by atoms with Crippen molar-refractivity contribution in [3.8, 4) is 0 Å². The topological polar surface area (TPSA) is 74.4 Å². The highest BCUT2D eigenvalue weighted by atomic mass is 19.3. The lowest BCUT2D eigenvalue weighted by molar-refractivity contribution is -0.122. The number of nitrogens with zero attached hydrogens (tertiary/aromatic N) is 1. The SMILES string of the molecule is COC(=O)c1cnc(N)c(COC2CCCC2(F)F)c1. The van der Waals surface area contributed by atoms with Gasteiger partial charge in [0.15, 0.2) is 0 Å². The van der Waals surface area contributed by atoms with Crippen molar-refractivity contribution < 1.29 is 23.0 Å². The number of rotatable bonds is 4. The number of nitrogens with two attached hydrogens (primary N) is 1. The lowest BCUT2D eigenvalue weighted by Crippen LogP contribution is -2.29. The van der Waals surface area contributed by atoms with Crippen LogP contribution in [0.25, 0.3) is 0 Å². The van der Waals surface area contributed by atoms with Crippen molar-refractivity contribution in [1.29, 1.82) is 0 Å². The van der Waals surface area contributed by atoms with Gasteiger partial charge in [0.1, 0.15) is 11.9 Å². The molecule has 0 bridgehead atoms. The van der Waals surface area contributed by atoms with Gasteiger partial charge in [0, 0.05) is 18.2 Å². The number of halogens is 2. The third-order valence-corrected chi connectivity index (χ3v) is 3.31. The molecule has 1 aromatic rings. The zero-order valence-electron chi connectivity index (χ0n) is 11.1. The number of hydrogen-bond acceptors (Lipinski definition) is 5. The number of aromatic nitrogens is 1. The van der Waals surface area contributed by atoms with Gasteiger partial charge in [-0.15, -0.1) is 0 Å². The van der Waals surface area contributed by atoms with Crippen LogP contribution < -0.4 is 5.73 Å². The molecule has 0 spiro atoms. The Bertz CT molecular complexity index is 508. The summed E-state index contributed by atoms with van der Waals surface area (Å²) in [5, 5.41) is 0. The Balaban J connectivity index is 2.07. The second-order valence-corrected chi connectivity index (χ2v) is 4.71. The summed E-state index contributed by atoms with van der Waals surface area (Å²) in [5.74, 6) is -3.22. The molecular formula is C13H16F2N2O3. The van der Waals surface area contributed by atoms with Crippen molar-refractivity contribution in [2.45, 2.75) is 37.9 Å². The van der Waals surface area contributed by atoms with E-state index in [0.29, 0.717) is 18.4 Å². The monoisotopic (exact) mass is 286 g/mol. The summed E-state index contributed by atoms with van der Waals surface area (Å²) < 4.78 is 36.6. The Morgan fingerprint density at radius 1 is 1.60 bits per heavy atom. The van der Waals surface area contributed by atoms with E-state index in [1.165, 1.54) is 19.4 Å². The van der Waals surface area contributed by atoms with Crippen LogP contribution in [0.2, 0.25) is 0 Å². The van der Waals surface area contributed by atoms with Crippen LogP contribution in [-0.4, -0.2) is 30.1 Å². The number of anilines is 1. The highest BCUT2D eigenvalue weighted by Gasteiger charge is 2.44. The van der Waals surface area contributed by atoms with Gasteiger partial charge in [-0.3, -0.25) is 0 Å². The van der Waals surface area contributed by atoms with Crippen molar-refractivity contribution in [2.24, 2.45) is 0 Å². The minimum absolute atomic E-state index is 0.107. The lowest BCUT2D eigenvalue weighted by atomic mass is 10.2. The first-order chi connectivity index (χ1) is 9.44. The van der Waals surface area contributed by atoms with Crippen LogP contribution in [-0.2, 0) is 16.1 Å². The van der Waals surface area contributed by atoms with Gasteiger partial charge in [0.25, 0.3) is 5.92 Å². The molecular weight excluding hydrogens is 270 g/mol. The fraction of sp³-hybridized carbons (Fsp3) is 0.538. The fourth-order valence-corrected chi connectivity index (χ4v) is 2.16. The number of methoxy groups -OCH3 is 1. The average Bonchev–Trinajstić information content (AvgIpc) is 2.76. The Labute approximate surface area is 115 Å². The predicted octanol–water partition coefficient (Wildman–Crippen LogP) is 2.15. The zero-order chi connectivity index (χ0) is 14.8. The molecule has 2 rings (SSSR count). The predicted molar refractivity (Wildman–Crippen MR) is 67.4 cm³/mol. The summed E-state index contributed by atoms with van der Waals surface area (Å²) >= 11 is 0. The summed E-state index contributed by atoms with van der Waals surface area (Å²) in [6.07, 6.45) is 0.760. The molecule has 0 aromatic carbocycles. The van der Waals surface area contributed by atoms with Gasteiger partial charge >= 0.3 is 5.97 Å². The normalized spacial score (nSPS) is 20.9. The number of hydrogen-bond donors (Lipinski definition) is 1. The van der Waals surface area contributed by atoms with E-state index in [4.69, 9.17) is 10.5 Å². The smallest absolute Gasteiger partial charge is 0.339 e. The van der Waals surface area contributed by atoms with E-state index in [0.717, 1.165) is 0 Å². The first-order valence-electron chi connectivity index (χ1n) is 6.26. The highest BCUT2D eigenvalue weighted by molar-refractivity contribution is 5.89. The molecule has 1 aliphatic rings. The van der Waals surface area contributed by atoms with Crippen LogP contribution >= 0.6 is 0 Å². The Kier molecular flexibility index (Phi) is 4.17. The molecule has 1 unspecified atom stereocenters. The van der Waals surface area contributed by atoms with Crippen LogP contribution in [0.15, 0.2) is 12.3 Å². The molecule has 1 aromatic heterocycles. The first-order valence-corrected chi connectivity index (χ1v) is 6.26. The van der Waals surface area contributed by atoms with Gasteiger partial charge in [-0.25, -0.2) is 18.6 Å². The largest absolute Gasteiger partial charge is 0.465 e. The Hall–Kier alpha value is -1.76. The summed E-state index contributed by atoms with van der Waals surface area (Å²) in [6, 6.07) is 1.45. The molecule has 1 aliphatic carbocycles. The Morgan fingerprint density at radius 2 is 2.35 bits per heavy atom. The third kappa shape index (κ3) is 3.04. The molecule has 1 fully saturated rings. The van der Waals surface area contributed by atoms with E-state index in [1.54, 1.807) is 0 Å². The third-order valence-electron chi connectivity index (χ3n) is 3.31. The molecule has 0 aliphatic heterocycles. The number of carbonyl (C=O) groups is 1. The fourth-order valence-electron chi connectivity index (χ4n) is 2.16. The second kappa shape index (κ2) is 5.70. The molecule has 20 heavy (non-hydrogen) atoms. The van der Waals surface area contributed by atoms with Crippen LogP contribution in [0.3, 0.4) is 0 Å². The molecule has 1 heterocycles. The van der Waals surface area contributed by atoms with Gasteiger partial charge < -0.3 is 15.2 Å².